The first kappa shape index (κ1) is 10.9. The summed E-state index contributed by atoms with van der Waals surface area (Å²) in [7, 11) is 0. The lowest BCUT2D eigenvalue weighted by Crippen LogP contribution is -2.32. The largest absolute Gasteiger partial charge is 0.617 e. The van der Waals surface area contributed by atoms with Crippen molar-refractivity contribution in [1.29, 1.82) is 0 Å². The molecule has 1 aromatic carbocycles. The summed E-state index contributed by atoms with van der Waals surface area (Å²) in [5.41, 5.74) is 0.537. The number of benzene rings is 1. The van der Waals surface area contributed by atoms with Gasteiger partial charge in [-0.25, -0.2) is 0 Å². The van der Waals surface area contributed by atoms with Crippen LogP contribution in [0.15, 0.2) is 30.5 Å². The average molecular weight is 219 g/mol. The predicted molar refractivity (Wildman–Crippen MR) is 61.5 cm³/mol. The number of rotatable bonds is 3. The fourth-order valence-corrected chi connectivity index (χ4v) is 1.90. The van der Waals surface area contributed by atoms with Crippen LogP contribution < -0.4 is 4.73 Å². The maximum absolute atomic E-state index is 13.7. The third-order valence-electron chi connectivity index (χ3n) is 2.77. The van der Waals surface area contributed by atoms with Crippen LogP contribution in [0.25, 0.3) is 10.8 Å². The van der Waals surface area contributed by atoms with Crippen LogP contribution >= 0.6 is 0 Å². The Morgan fingerprint density at radius 2 is 2.06 bits per heavy atom. The maximum Gasteiger partial charge on any atom is 0.374 e. The highest BCUT2D eigenvalue weighted by Crippen LogP contribution is 2.20. The molecule has 2 rings (SSSR count). The van der Waals surface area contributed by atoms with Gasteiger partial charge in [-0.1, -0.05) is 31.5 Å². The minimum atomic E-state index is -0.660. The standard InChI is InChI=1S/C13H14FNO/c1-2-3-7-12-11-8-5-4-6-10(11)9-15(16)13(12)14/h4-6,8-9H,2-3,7H2,1H3. The highest BCUT2D eigenvalue weighted by Gasteiger charge is 2.15. The van der Waals surface area contributed by atoms with E-state index in [2.05, 4.69) is 0 Å². The molecule has 3 heteroatoms. The summed E-state index contributed by atoms with van der Waals surface area (Å²) in [4.78, 5) is 0. The first-order valence-electron chi connectivity index (χ1n) is 5.53. The number of unbranched alkanes of at least 4 members (excludes halogenated alkanes) is 1. The molecule has 2 nitrogen and oxygen atoms in total. The number of hydrogen-bond acceptors (Lipinski definition) is 1. The summed E-state index contributed by atoms with van der Waals surface area (Å²) >= 11 is 0. The highest BCUT2D eigenvalue weighted by atomic mass is 19.1. The zero-order valence-corrected chi connectivity index (χ0v) is 9.24. The molecular weight excluding hydrogens is 205 g/mol. The quantitative estimate of drug-likeness (QED) is 0.443. The van der Waals surface area contributed by atoms with Crippen LogP contribution in [0.3, 0.4) is 0 Å². The van der Waals surface area contributed by atoms with E-state index in [1.165, 1.54) is 6.20 Å². The smallest absolute Gasteiger partial charge is 0.374 e. The van der Waals surface area contributed by atoms with E-state index in [1.807, 2.05) is 31.2 Å². The fourth-order valence-electron chi connectivity index (χ4n) is 1.90. The molecule has 0 saturated carbocycles. The van der Waals surface area contributed by atoms with Gasteiger partial charge in [-0.05, 0) is 18.9 Å². The summed E-state index contributed by atoms with van der Waals surface area (Å²) in [5, 5.41) is 13.0. The average Bonchev–Trinajstić information content (AvgIpc) is 2.30. The number of pyridine rings is 1. The molecule has 0 amide bonds. The summed E-state index contributed by atoms with van der Waals surface area (Å²) in [6.45, 7) is 2.05. The molecule has 0 aliphatic rings. The lowest BCUT2D eigenvalue weighted by Gasteiger charge is -2.07. The van der Waals surface area contributed by atoms with Crippen LogP contribution in [-0.4, -0.2) is 0 Å². The van der Waals surface area contributed by atoms with E-state index in [4.69, 9.17) is 0 Å². The normalized spacial score (nSPS) is 10.9. The molecule has 84 valence electrons. The number of nitrogens with zero attached hydrogens (tertiary/aromatic N) is 1. The summed E-state index contributed by atoms with van der Waals surface area (Å²) in [6.07, 6.45) is 3.79. The molecule has 0 fully saturated rings. The Morgan fingerprint density at radius 1 is 1.31 bits per heavy atom. The summed E-state index contributed by atoms with van der Waals surface area (Å²) in [6, 6.07) is 7.41. The molecular formula is C13H14FNO. The fraction of sp³-hybridized carbons (Fsp3) is 0.308. The molecule has 1 heterocycles. The van der Waals surface area contributed by atoms with Gasteiger partial charge >= 0.3 is 5.95 Å². The Bertz CT molecular complexity index is 511. The van der Waals surface area contributed by atoms with E-state index in [9.17, 15) is 9.60 Å². The third-order valence-corrected chi connectivity index (χ3v) is 2.77. The Morgan fingerprint density at radius 3 is 2.81 bits per heavy atom. The minimum Gasteiger partial charge on any atom is -0.617 e. The van der Waals surface area contributed by atoms with E-state index in [0.717, 1.165) is 23.6 Å². The second-order valence-electron chi connectivity index (χ2n) is 3.92. The maximum atomic E-state index is 13.7. The van der Waals surface area contributed by atoms with Crippen LogP contribution in [0, 0.1) is 11.2 Å². The van der Waals surface area contributed by atoms with Crippen molar-refractivity contribution in [1.82, 2.24) is 0 Å². The van der Waals surface area contributed by atoms with Gasteiger partial charge in [0, 0.05) is 10.8 Å². The van der Waals surface area contributed by atoms with Gasteiger partial charge in [-0.3, -0.25) is 0 Å². The molecule has 0 spiro atoms. The number of fused-ring (bicyclic) bond motifs is 1. The predicted octanol–water partition coefficient (Wildman–Crippen LogP) is 2.95. The second-order valence-corrected chi connectivity index (χ2v) is 3.92. The van der Waals surface area contributed by atoms with Gasteiger partial charge in [-0.2, -0.15) is 0 Å². The van der Waals surface area contributed by atoms with Gasteiger partial charge in [0.2, 0.25) is 0 Å². The number of hydrogen-bond donors (Lipinski definition) is 0. The number of halogens is 1. The molecule has 0 aliphatic heterocycles. The first-order valence-corrected chi connectivity index (χ1v) is 5.53. The molecule has 0 aliphatic carbocycles. The Balaban J connectivity index is 2.61. The number of aryl methyl sites for hydroxylation is 1. The van der Waals surface area contributed by atoms with E-state index in [-0.39, 0.29) is 0 Å². The van der Waals surface area contributed by atoms with Crippen molar-refractivity contribution in [3.8, 4) is 0 Å². The summed E-state index contributed by atoms with van der Waals surface area (Å²) < 4.78 is 14.0. The third kappa shape index (κ3) is 1.85. The topological polar surface area (TPSA) is 26.9 Å². The molecule has 16 heavy (non-hydrogen) atoms. The highest BCUT2D eigenvalue weighted by molar-refractivity contribution is 5.84. The van der Waals surface area contributed by atoms with Gasteiger partial charge < -0.3 is 5.21 Å². The zero-order valence-electron chi connectivity index (χ0n) is 9.24. The molecule has 0 N–H and O–H groups in total. The van der Waals surface area contributed by atoms with Crippen molar-refractivity contribution in [3.63, 3.8) is 0 Å². The van der Waals surface area contributed by atoms with Crippen molar-refractivity contribution in [2.24, 2.45) is 0 Å². The molecule has 0 saturated heterocycles. The monoisotopic (exact) mass is 219 g/mol. The van der Waals surface area contributed by atoms with Crippen molar-refractivity contribution < 1.29 is 9.12 Å². The molecule has 2 aromatic rings. The first-order chi connectivity index (χ1) is 7.74. The van der Waals surface area contributed by atoms with E-state index in [0.29, 0.717) is 16.7 Å². The van der Waals surface area contributed by atoms with Gasteiger partial charge in [0.1, 0.15) is 0 Å². The summed E-state index contributed by atoms with van der Waals surface area (Å²) in [5.74, 6) is -0.660. The van der Waals surface area contributed by atoms with Gasteiger partial charge in [0.15, 0.2) is 6.20 Å². The Hall–Kier alpha value is -1.64. The van der Waals surface area contributed by atoms with Crippen molar-refractivity contribution in [3.05, 3.63) is 47.2 Å². The van der Waals surface area contributed by atoms with E-state index >= 15 is 0 Å². The molecule has 0 radical (unpaired) electrons. The Kier molecular flexibility index (Phi) is 3.04. The van der Waals surface area contributed by atoms with E-state index in [1.54, 1.807) is 0 Å². The van der Waals surface area contributed by atoms with E-state index < -0.39 is 5.95 Å². The van der Waals surface area contributed by atoms with Crippen LogP contribution in [0.2, 0.25) is 0 Å². The Labute approximate surface area is 93.9 Å². The van der Waals surface area contributed by atoms with Crippen LogP contribution in [0.4, 0.5) is 4.39 Å². The van der Waals surface area contributed by atoms with Crippen molar-refractivity contribution in [2.45, 2.75) is 26.2 Å². The zero-order chi connectivity index (χ0) is 11.5. The number of aromatic nitrogens is 1. The van der Waals surface area contributed by atoms with Crippen LogP contribution in [-0.2, 0) is 6.42 Å². The van der Waals surface area contributed by atoms with Crippen LogP contribution in [0.5, 0.6) is 0 Å². The molecule has 0 bridgehead atoms. The minimum absolute atomic E-state index is 0.327. The lowest BCUT2D eigenvalue weighted by molar-refractivity contribution is -0.636. The molecule has 0 unspecified atom stereocenters. The second kappa shape index (κ2) is 4.47. The van der Waals surface area contributed by atoms with Crippen molar-refractivity contribution >= 4 is 10.8 Å². The SMILES string of the molecule is CCCCc1c(F)[n+]([O-])cc2ccccc12. The van der Waals surface area contributed by atoms with Gasteiger partial charge in [-0.15, -0.1) is 9.12 Å². The van der Waals surface area contributed by atoms with Gasteiger partial charge in [0.25, 0.3) is 0 Å². The molecule has 0 atom stereocenters. The van der Waals surface area contributed by atoms with Gasteiger partial charge in [0.05, 0.1) is 5.56 Å². The van der Waals surface area contributed by atoms with Crippen LogP contribution in [0.1, 0.15) is 25.3 Å². The molecule has 1 aromatic heterocycles. The lowest BCUT2D eigenvalue weighted by atomic mass is 10.0. The van der Waals surface area contributed by atoms with Crippen molar-refractivity contribution in [2.75, 3.05) is 0 Å².